The van der Waals surface area contributed by atoms with Gasteiger partial charge in [-0.05, 0) is 37.6 Å². The Balaban J connectivity index is 2.29. The lowest BCUT2D eigenvalue weighted by molar-refractivity contribution is 0.101. The molecule has 0 aliphatic carbocycles. The summed E-state index contributed by atoms with van der Waals surface area (Å²) in [6, 6.07) is 7.31. The lowest BCUT2D eigenvalue weighted by Crippen LogP contribution is -2.13. The second-order valence-electron chi connectivity index (χ2n) is 4.52. The summed E-state index contributed by atoms with van der Waals surface area (Å²) in [5.41, 5.74) is 1.45. The van der Waals surface area contributed by atoms with Gasteiger partial charge in [-0.1, -0.05) is 23.7 Å². The van der Waals surface area contributed by atoms with Gasteiger partial charge in [0.15, 0.2) is 5.78 Å². The van der Waals surface area contributed by atoms with Gasteiger partial charge in [-0.25, -0.2) is 13.4 Å². The van der Waals surface area contributed by atoms with Crippen molar-refractivity contribution in [2.24, 2.45) is 0 Å². The molecule has 0 spiro atoms. The number of aromatic nitrogens is 1. The zero-order valence-electron chi connectivity index (χ0n) is 11.4. The largest absolute Gasteiger partial charge is 0.295 e. The van der Waals surface area contributed by atoms with Gasteiger partial charge in [0.25, 0.3) is 10.0 Å². The first-order valence-corrected chi connectivity index (χ1v) is 7.92. The summed E-state index contributed by atoms with van der Waals surface area (Å²) >= 11 is 5.80. The predicted octanol–water partition coefficient (Wildman–Crippen LogP) is 3.05. The summed E-state index contributed by atoms with van der Waals surface area (Å²) in [4.78, 5) is 15.1. The lowest BCUT2D eigenvalue weighted by atomic mass is 10.2. The Hall–Kier alpha value is -1.92. The average molecular weight is 325 g/mol. The number of pyridine rings is 1. The molecular weight excluding hydrogens is 312 g/mol. The van der Waals surface area contributed by atoms with E-state index >= 15 is 0 Å². The van der Waals surface area contributed by atoms with Crippen LogP contribution in [-0.2, 0) is 10.0 Å². The van der Waals surface area contributed by atoms with Crippen molar-refractivity contribution in [2.75, 3.05) is 4.72 Å². The van der Waals surface area contributed by atoms with Gasteiger partial charge in [-0.2, -0.15) is 0 Å². The average Bonchev–Trinajstić information content (AvgIpc) is 2.43. The monoisotopic (exact) mass is 324 g/mol. The topological polar surface area (TPSA) is 76.1 Å². The van der Waals surface area contributed by atoms with E-state index in [-0.39, 0.29) is 10.7 Å². The maximum absolute atomic E-state index is 12.2. The Kier molecular flexibility index (Phi) is 4.29. The van der Waals surface area contributed by atoms with E-state index in [2.05, 4.69) is 9.71 Å². The number of carbonyl (C=O) groups is 1. The second kappa shape index (κ2) is 5.83. The number of anilines is 1. The molecule has 0 aliphatic heterocycles. The molecule has 0 aliphatic rings. The van der Waals surface area contributed by atoms with Crippen molar-refractivity contribution in [2.45, 2.75) is 18.7 Å². The van der Waals surface area contributed by atoms with Crippen molar-refractivity contribution in [1.29, 1.82) is 0 Å². The predicted molar refractivity (Wildman–Crippen MR) is 81.2 cm³/mol. The summed E-state index contributed by atoms with van der Waals surface area (Å²) in [5.74, 6) is -0.121. The van der Waals surface area contributed by atoms with Crippen molar-refractivity contribution in [1.82, 2.24) is 4.98 Å². The van der Waals surface area contributed by atoms with Crippen molar-refractivity contribution in [3.63, 3.8) is 0 Å². The minimum Gasteiger partial charge on any atom is -0.295 e. The van der Waals surface area contributed by atoms with Crippen LogP contribution in [-0.4, -0.2) is 19.2 Å². The summed E-state index contributed by atoms with van der Waals surface area (Å²) < 4.78 is 26.9. The van der Waals surface area contributed by atoms with Crippen molar-refractivity contribution >= 4 is 33.1 Å². The standard InChI is InChI=1S/C14H13ClN2O3S/c1-9-7-12(8-16-14(9)15)17-21(19,20)13-5-3-11(4-6-13)10(2)18/h3-8,17H,1-2H3. The number of carbonyl (C=O) groups excluding carboxylic acids is 1. The number of nitrogens with one attached hydrogen (secondary N) is 1. The van der Waals surface area contributed by atoms with Gasteiger partial charge in [-0.15, -0.1) is 0 Å². The number of hydrogen-bond donors (Lipinski definition) is 1. The normalized spacial score (nSPS) is 11.2. The number of ketones is 1. The SMILES string of the molecule is CC(=O)c1ccc(S(=O)(=O)Nc2cnc(Cl)c(C)c2)cc1. The first kappa shape index (κ1) is 15.5. The van der Waals surface area contributed by atoms with Gasteiger partial charge in [0.2, 0.25) is 0 Å². The number of rotatable bonds is 4. The van der Waals surface area contributed by atoms with E-state index in [1.807, 2.05) is 0 Å². The van der Waals surface area contributed by atoms with Crippen LogP contribution in [0.2, 0.25) is 5.15 Å². The fraction of sp³-hybridized carbons (Fsp3) is 0.143. The smallest absolute Gasteiger partial charge is 0.261 e. The van der Waals surface area contributed by atoms with E-state index in [1.54, 1.807) is 13.0 Å². The summed E-state index contributed by atoms with van der Waals surface area (Å²) in [7, 11) is -3.73. The van der Waals surface area contributed by atoms with Crippen molar-refractivity contribution in [3.05, 3.63) is 52.8 Å². The van der Waals surface area contributed by atoms with Gasteiger partial charge >= 0.3 is 0 Å². The molecule has 0 saturated heterocycles. The number of nitrogens with zero attached hydrogens (tertiary/aromatic N) is 1. The molecule has 2 rings (SSSR count). The van der Waals surface area contributed by atoms with E-state index < -0.39 is 10.0 Å². The number of aryl methyl sites for hydroxylation is 1. The summed E-state index contributed by atoms with van der Waals surface area (Å²) in [6.45, 7) is 3.15. The minimum absolute atomic E-state index is 0.0695. The zero-order chi connectivity index (χ0) is 15.6. The number of sulfonamides is 1. The third kappa shape index (κ3) is 3.59. The molecule has 5 nitrogen and oxygen atoms in total. The highest BCUT2D eigenvalue weighted by molar-refractivity contribution is 7.92. The van der Waals surface area contributed by atoms with Crippen molar-refractivity contribution < 1.29 is 13.2 Å². The Labute approximate surface area is 128 Å². The molecule has 0 atom stereocenters. The maximum atomic E-state index is 12.2. The number of halogens is 1. The first-order chi connectivity index (χ1) is 9.79. The molecule has 0 fully saturated rings. The summed E-state index contributed by atoms with van der Waals surface area (Å²) in [6.07, 6.45) is 1.34. The first-order valence-electron chi connectivity index (χ1n) is 6.05. The van der Waals surface area contributed by atoms with E-state index in [0.29, 0.717) is 22.0 Å². The third-order valence-corrected chi connectivity index (χ3v) is 4.63. The van der Waals surface area contributed by atoms with Crippen LogP contribution >= 0.6 is 11.6 Å². The highest BCUT2D eigenvalue weighted by atomic mass is 35.5. The van der Waals surface area contributed by atoms with Crippen LogP contribution in [0.15, 0.2) is 41.4 Å². The number of Topliss-reactive ketones (excluding diaryl/α,β-unsaturated/α-hetero) is 1. The van der Waals surface area contributed by atoms with E-state index in [0.717, 1.165) is 0 Å². The van der Waals surface area contributed by atoms with Gasteiger partial charge in [-0.3, -0.25) is 9.52 Å². The fourth-order valence-corrected chi connectivity index (χ4v) is 2.83. The maximum Gasteiger partial charge on any atom is 0.261 e. The Bertz CT molecular complexity index is 786. The zero-order valence-corrected chi connectivity index (χ0v) is 13.0. The highest BCUT2D eigenvalue weighted by Crippen LogP contribution is 2.20. The quantitative estimate of drug-likeness (QED) is 0.692. The van der Waals surface area contributed by atoms with Crippen LogP contribution < -0.4 is 4.72 Å². The molecule has 2 aromatic rings. The molecule has 110 valence electrons. The highest BCUT2D eigenvalue weighted by Gasteiger charge is 2.15. The van der Waals surface area contributed by atoms with Crippen molar-refractivity contribution in [3.8, 4) is 0 Å². The van der Waals surface area contributed by atoms with Crippen LogP contribution in [0, 0.1) is 6.92 Å². The van der Waals surface area contributed by atoms with Crippen LogP contribution in [0.3, 0.4) is 0 Å². The molecule has 1 aromatic heterocycles. The Morgan fingerprint density at radius 2 is 1.86 bits per heavy atom. The molecular formula is C14H13ClN2O3S. The molecule has 7 heteroatoms. The van der Waals surface area contributed by atoms with E-state index in [4.69, 9.17) is 11.6 Å². The lowest BCUT2D eigenvalue weighted by Gasteiger charge is -2.09. The van der Waals surface area contributed by atoms with Crippen LogP contribution in [0.25, 0.3) is 0 Å². The molecule has 0 saturated carbocycles. The van der Waals surface area contributed by atoms with Crippen LogP contribution in [0.5, 0.6) is 0 Å². The number of benzene rings is 1. The Morgan fingerprint density at radius 1 is 1.24 bits per heavy atom. The van der Waals surface area contributed by atoms with E-state index in [1.165, 1.54) is 37.4 Å². The molecule has 0 unspecified atom stereocenters. The molecule has 1 heterocycles. The number of hydrogen-bond acceptors (Lipinski definition) is 4. The molecule has 0 bridgehead atoms. The minimum atomic E-state index is -3.73. The van der Waals surface area contributed by atoms with Crippen LogP contribution in [0.1, 0.15) is 22.8 Å². The van der Waals surface area contributed by atoms with Gasteiger partial charge in [0, 0.05) is 5.56 Å². The van der Waals surface area contributed by atoms with Crippen LogP contribution in [0.4, 0.5) is 5.69 Å². The van der Waals surface area contributed by atoms with Gasteiger partial charge < -0.3 is 0 Å². The summed E-state index contributed by atoms with van der Waals surface area (Å²) in [5, 5.41) is 0.323. The molecule has 21 heavy (non-hydrogen) atoms. The van der Waals surface area contributed by atoms with Gasteiger partial charge in [0.1, 0.15) is 5.15 Å². The Morgan fingerprint density at radius 3 is 2.38 bits per heavy atom. The van der Waals surface area contributed by atoms with Gasteiger partial charge in [0.05, 0.1) is 16.8 Å². The van der Waals surface area contributed by atoms with E-state index in [9.17, 15) is 13.2 Å². The fourth-order valence-electron chi connectivity index (χ4n) is 1.70. The molecule has 1 aromatic carbocycles. The second-order valence-corrected chi connectivity index (χ2v) is 6.56. The molecule has 1 N–H and O–H groups in total. The third-order valence-electron chi connectivity index (χ3n) is 2.84. The molecule has 0 amide bonds. The molecule has 0 radical (unpaired) electrons.